The predicted octanol–water partition coefficient (Wildman–Crippen LogP) is 2.54. The van der Waals surface area contributed by atoms with Gasteiger partial charge in [-0.05, 0) is 43.2 Å². The Kier molecular flexibility index (Phi) is 5.75. The summed E-state index contributed by atoms with van der Waals surface area (Å²) >= 11 is 1.29. The lowest BCUT2D eigenvalue weighted by molar-refractivity contribution is -0.131. The van der Waals surface area contributed by atoms with Crippen LogP contribution in [0.5, 0.6) is 0 Å². The third kappa shape index (κ3) is 4.65. The monoisotopic (exact) mass is 383 g/mol. The number of aromatic nitrogens is 3. The second kappa shape index (κ2) is 8.22. The average Bonchev–Trinajstić information content (AvgIpc) is 3.06. The number of nitrogens with one attached hydrogen (secondary N) is 1. The van der Waals surface area contributed by atoms with Crippen LogP contribution in [0.4, 0.5) is 5.69 Å². The first-order valence-electron chi connectivity index (χ1n) is 8.47. The molecule has 0 aliphatic carbocycles. The van der Waals surface area contributed by atoms with Crippen LogP contribution in [0.2, 0.25) is 0 Å². The molecule has 27 heavy (non-hydrogen) atoms. The quantitative estimate of drug-likeness (QED) is 0.662. The van der Waals surface area contributed by atoms with Crippen molar-refractivity contribution in [3.05, 3.63) is 53.7 Å². The largest absolute Gasteiger partial charge is 0.336 e. The number of aryl methyl sites for hydroxylation is 2. The molecular formula is C19H21N5O2S. The molecule has 0 atom stereocenters. The summed E-state index contributed by atoms with van der Waals surface area (Å²) in [6.45, 7) is 3.90. The highest BCUT2D eigenvalue weighted by Crippen LogP contribution is 2.18. The van der Waals surface area contributed by atoms with Crippen LogP contribution in [0.3, 0.4) is 0 Å². The third-order valence-electron chi connectivity index (χ3n) is 4.08. The van der Waals surface area contributed by atoms with Crippen LogP contribution >= 0.6 is 11.8 Å². The summed E-state index contributed by atoms with van der Waals surface area (Å²) in [5.41, 5.74) is 3.55. The van der Waals surface area contributed by atoms with Crippen molar-refractivity contribution in [1.29, 1.82) is 0 Å². The van der Waals surface area contributed by atoms with Crippen LogP contribution < -0.4 is 5.32 Å². The average molecular weight is 383 g/mol. The van der Waals surface area contributed by atoms with E-state index in [2.05, 4.69) is 15.5 Å². The smallest absolute Gasteiger partial charge is 0.243 e. The van der Waals surface area contributed by atoms with Crippen molar-refractivity contribution in [1.82, 2.24) is 19.5 Å². The minimum atomic E-state index is -0.225. The van der Waals surface area contributed by atoms with Crippen LogP contribution in [0.15, 0.2) is 47.8 Å². The van der Waals surface area contributed by atoms with Crippen LogP contribution in [0, 0.1) is 13.8 Å². The Bertz CT molecular complexity index is 985. The number of fused-ring (bicyclic) bond motifs is 1. The normalized spacial score (nSPS) is 10.8. The third-order valence-corrected chi connectivity index (χ3v) is 5.01. The summed E-state index contributed by atoms with van der Waals surface area (Å²) in [7, 11) is 1.62. The Morgan fingerprint density at radius 3 is 2.81 bits per heavy atom. The Balaban J connectivity index is 1.54. The van der Waals surface area contributed by atoms with Crippen molar-refractivity contribution in [2.24, 2.45) is 0 Å². The molecule has 0 saturated carbocycles. The molecule has 0 bridgehead atoms. The maximum absolute atomic E-state index is 12.4. The van der Waals surface area contributed by atoms with Gasteiger partial charge in [-0.2, -0.15) is 0 Å². The molecule has 1 aromatic carbocycles. The summed E-state index contributed by atoms with van der Waals surface area (Å²) < 4.78 is 1.82. The first kappa shape index (κ1) is 18.9. The van der Waals surface area contributed by atoms with Crippen LogP contribution in [-0.2, 0) is 9.59 Å². The number of thioether (sulfide) groups is 1. The molecule has 0 spiro atoms. The van der Waals surface area contributed by atoms with Gasteiger partial charge in [0.25, 0.3) is 0 Å². The number of hydrogen-bond donors (Lipinski definition) is 1. The van der Waals surface area contributed by atoms with Gasteiger partial charge in [0.2, 0.25) is 11.8 Å². The number of amides is 2. The van der Waals surface area contributed by atoms with Gasteiger partial charge in [-0.3, -0.25) is 14.0 Å². The predicted molar refractivity (Wildman–Crippen MR) is 106 cm³/mol. The first-order valence-corrected chi connectivity index (χ1v) is 9.46. The zero-order valence-corrected chi connectivity index (χ0v) is 16.3. The molecule has 3 rings (SSSR count). The molecule has 7 nitrogen and oxygen atoms in total. The summed E-state index contributed by atoms with van der Waals surface area (Å²) in [6.07, 6.45) is 1.85. The zero-order chi connectivity index (χ0) is 19.4. The van der Waals surface area contributed by atoms with E-state index in [-0.39, 0.29) is 24.1 Å². The highest BCUT2D eigenvalue weighted by atomic mass is 32.2. The molecule has 0 radical (unpaired) electrons. The fourth-order valence-electron chi connectivity index (χ4n) is 2.52. The van der Waals surface area contributed by atoms with Gasteiger partial charge in [0, 0.05) is 18.9 Å². The van der Waals surface area contributed by atoms with E-state index >= 15 is 0 Å². The number of carbonyl (C=O) groups is 2. The molecular weight excluding hydrogens is 362 g/mol. The molecule has 3 aromatic rings. The Labute approximate surface area is 161 Å². The summed E-state index contributed by atoms with van der Waals surface area (Å²) in [4.78, 5) is 26.0. The van der Waals surface area contributed by atoms with E-state index < -0.39 is 0 Å². The highest BCUT2D eigenvalue weighted by Gasteiger charge is 2.15. The van der Waals surface area contributed by atoms with E-state index in [0.29, 0.717) is 5.16 Å². The lowest BCUT2D eigenvalue weighted by Crippen LogP contribution is -2.36. The van der Waals surface area contributed by atoms with Crippen molar-refractivity contribution in [3.63, 3.8) is 0 Å². The van der Waals surface area contributed by atoms with E-state index in [1.54, 1.807) is 7.05 Å². The van der Waals surface area contributed by atoms with E-state index in [1.807, 2.05) is 60.8 Å². The number of nitrogens with zero attached hydrogens (tertiary/aromatic N) is 4. The number of hydrogen-bond acceptors (Lipinski definition) is 5. The van der Waals surface area contributed by atoms with Gasteiger partial charge in [-0.15, -0.1) is 10.2 Å². The molecule has 0 aliphatic rings. The molecule has 0 aliphatic heterocycles. The lowest BCUT2D eigenvalue weighted by atomic mass is 10.1. The SMILES string of the molecule is Cc1ccc(C)c(NC(=O)CN(C)C(=O)CSc2nnc3ccccn23)c1. The van der Waals surface area contributed by atoms with E-state index in [1.165, 1.54) is 16.7 Å². The summed E-state index contributed by atoms with van der Waals surface area (Å²) in [5, 5.41) is 11.7. The van der Waals surface area contributed by atoms with Crippen molar-refractivity contribution >= 4 is 34.9 Å². The molecule has 140 valence electrons. The van der Waals surface area contributed by atoms with E-state index in [4.69, 9.17) is 0 Å². The van der Waals surface area contributed by atoms with Crippen LogP contribution in [0.1, 0.15) is 11.1 Å². The number of anilines is 1. The van der Waals surface area contributed by atoms with Gasteiger partial charge in [0.15, 0.2) is 10.8 Å². The van der Waals surface area contributed by atoms with E-state index in [9.17, 15) is 9.59 Å². The Morgan fingerprint density at radius 2 is 2.00 bits per heavy atom. The molecule has 0 saturated heterocycles. The zero-order valence-electron chi connectivity index (χ0n) is 15.5. The van der Waals surface area contributed by atoms with E-state index in [0.717, 1.165) is 22.5 Å². The number of pyridine rings is 1. The second-order valence-corrected chi connectivity index (χ2v) is 7.26. The van der Waals surface area contributed by atoms with Crippen molar-refractivity contribution in [2.75, 3.05) is 24.7 Å². The summed E-state index contributed by atoms with van der Waals surface area (Å²) in [6, 6.07) is 11.5. The van der Waals surface area contributed by atoms with Gasteiger partial charge in [-0.1, -0.05) is 30.0 Å². The van der Waals surface area contributed by atoms with Gasteiger partial charge in [-0.25, -0.2) is 0 Å². The van der Waals surface area contributed by atoms with Crippen molar-refractivity contribution in [3.8, 4) is 0 Å². The van der Waals surface area contributed by atoms with Gasteiger partial charge >= 0.3 is 0 Å². The maximum atomic E-state index is 12.4. The maximum Gasteiger partial charge on any atom is 0.243 e. The topological polar surface area (TPSA) is 79.6 Å². The standard InChI is InChI=1S/C19H21N5O2S/c1-13-7-8-14(2)15(10-13)20-17(25)11-23(3)18(26)12-27-19-22-21-16-6-4-5-9-24(16)19/h4-10H,11-12H2,1-3H3,(H,20,25). The Morgan fingerprint density at radius 1 is 1.19 bits per heavy atom. The van der Waals surface area contributed by atoms with Gasteiger partial charge in [0.05, 0.1) is 12.3 Å². The van der Waals surface area contributed by atoms with Crippen molar-refractivity contribution in [2.45, 2.75) is 19.0 Å². The van der Waals surface area contributed by atoms with Gasteiger partial charge in [0.1, 0.15) is 0 Å². The van der Waals surface area contributed by atoms with Gasteiger partial charge < -0.3 is 10.2 Å². The molecule has 2 heterocycles. The minimum absolute atomic E-state index is 0.00659. The molecule has 0 unspecified atom stereocenters. The first-order chi connectivity index (χ1) is 12.9. The Hall–Kier alpha value is -2.87. The fraction of sp³-hybridized carbons (Fsp3) is 0.263. The molecule has 8 heteroatoms. The highest BCUT2D eigenvalue weighted by molar-refractivity contribution is 7.99. The number of benzene rings is 1. The number of likely N-dealkylation sites (N-methyl/N-ethyl adjacent to an activating group) is 1. The molecule has 0 fully saturated rings. The summed E-state index contributed by atoms with van der Waals surface area (Å²) in [5.74, 6) is -0.190. The van der Waals surface area contributed by atoms with Crippen LogP contribution in [0.25, 0.3) is 5.65 Å². The fourth-order valence-corrected chi connectivity index (χ4v) is 3.38. The molecule has 1 N–H and O–H groups in total. The molecule has 2 aromatic heterocycles. The number of rotatable bonds is 6. The van der Waals surface area contributed by atoms with Crippen molar-refractivity contribution < 1.29 is 9.59 Å². The minimum Gasteiger partial charge on any atom is -0.336 e. The number of carbonyl (C=O) groups excluding carboxylic acids is 2. The lowest BCUT2D eigenvalue weighted by Gasteiger charge is -2.17. The molecule has 2 amide bonds. The second-order valence-electron chi connectivity index (χ2n) is 6.32. The van der Waals surface area contributed by atoms with Crippen LogP contribution in [-0.4, -0.2) is 50.7 Å².